The quantitative estimate of drug-likeness (QED) is 0.515. The molecule has 0 atom stereocenters. The Morgan fingerprint density at radius 1 is 0.828 bits per heavy atom. The van der Waals surface area contributed by atoms with E-state index in [9.17, 15) is 18.4 Å². The third kappa shape index (κ3) is 4.86. The van der Waals surface area contributed by atoms with Gasteiger partial charge in [0, 0.05) is 15.7 Å². The first kappa shape index (κ1) is 20.7. The van der Waals surface area contributed by atoms with Gasteiger partial charge >= 0.3 is 0 Å². The number of rotatable bonds is 4. The highest BCUT2D eigenvalue weighted by Crippen LogP contribution is 2.26. The summed E-state index contributed by atoms with van der Waals surface area (Å²) in [7, 11) is 0. The van der Waals surface area contributed by atoms with E-state index in [1.54, 1.807) is 31.2 Å². The van der Waals surface area contributed by atoms with E-state index in [0.29, 0.717) is 16.8 Å². The Bertz CT molecular complexity index is 1100. The minimum atomic E-state index is -0.688. The molecule has 3 aromatic rings. The second kappa shape index (κ2) is 8.53. The first-order valence-electron chi connectivity index (χ1n) is 8.69. The molecule has 0 saturated heterocycles. The van der Waals surface area contributed by atoms with Gasteiger partial charge in [-0.3, -0.25) is 9.59 Å². The molecular weight excluding hydrogens is 442 g/mol. The van der Waals surface area contributed by atoms with Crippen LogP contribution >= 0.6 is 15.9 Å². The summed E-state index contributed by atoms with van der Waals surface area (Å²) < 4.78 is 28.0. The van der Waals surface area contributed by atoms with Gasteiger partial charge in [-0.15, -0.1) is 0 Å². The summed E-state index contributed by atoms with van der Waals surface area (Å²) >= 11 is 3.17. The Morgan fingerprint density at radius 2 is 1.52 bits per heavy atom. The fourth-order valence-electron chi connectivity index (χ4n) is 2.64. The maximum Gasteiger partial charge on any atom is 0.256 e. The van der Waals surface area contributed by atoms with E-state index >= 15 is 0 Å². The first-order valence-corrected chi connectivity index (χ1v) is 9.48. The van der Waals surface area contributed by atoms with Crippen molar-refractivity contribution in [3.63, 3.8) is 0 Å². The second-order valence-corrected chi connectivity index (χ2v) is 7.40. The van der Waals surface area contributed by atoms with Crippen LogP contribution in [0.5, 0.6) is 0 Å². The highest BCUT2D eigenvalue weighted by atomic mass is 79.9. The van der Waals surface area contributed by atoms with Crippen LogP contribution in [0, 0.1) is 25.5 Å². The molecule has 0 aliphatic carbocycles. The van der Waals surface area contributed by atoms with Crippen LogP contribution < -0.4 is 10.6 Å². The summed E-state index contributed by atoms with van der Waals surface area (Å²) in [6.07, 6.45) is 0. The van der Waals surface area contributed by atoms with Crippen molar-refractivity contribution >= 4 is 39.1 Å². The van der Waals surface area contributed by atoms with Gasteiger partial charge < -0.3 is 10.6 Å². The van der Waals surface area contributed by atoms with Gasteiger partial charge in [0.05, 0.1) is 11.3 Å². The molecule has 29 heavy (non-hydrogen) atoms. The number of nitrogens with one attached hydrogen (secondary N) is 2. The van der Waals surface area contributed by atoms with Crippen molar-refractivity contribution in [2.75, 3.05) is 10.6 Å². The molecule has 7 heteroatoms. The molecule has 3 rings (SSSR count). The molecule has 0 spiro atoms. The topological polar surface area (TPSA) is 58.2 Å². The number of carbonyl (C=O) groups is 2. The predicted octanol–water partition coefficient (Wildman–Crippen LogP) is 5.85. The van der Waals surface area contributed by atoms with Gasteiger partial charge in [-0.2, -0.15) is 0 Å². The smallest absolute Gasteiger partial charge is 0.256 e. The van der Waals surface area contributed by atoms with Crippen molar-refractivity contribution in [1.29, 1.82) is 0 Å². The minimum Gasteiger partial charge on any atom is -0.322 e. The van der Waals surface area contributed by atoms with Gasteiger partial charge in [0.15, 0.2) is 0 Å². The van der Waals surface area contributed by atoms with Crippen molar-refractivity contribution in [3.8, 4) is 0 Å². The molecule has 0 fully saturated rings. The standard InChI is InChI=1S/C22H17BrF2N2O2/c1-12-3-5-14(6-4-12)21(28)27-20-10-16(17(23)11-19(20)25)22(29)26-15-7-8-18(24)13(2)9-15/h3-11H,1-2H3,(H,26,29)(H,27,28). The second-order valence-electron chi connectivity index (χ2n) is 6.55. The predicted molar refractivity (Wildman–Crippen MR) is 112 cm³/mol. The van der Waals surface area contributed by atoms with E-state index in [-0.39, 0.29) is 21.5 Å². The number of anilines is 2. The van der Waals surface area contributed by atoms with Crippen LogP contribution in [-0.4, -0.2) is 11.8 Å². The summed E-state index contributed by atoms with van der Waals surface area (Å²) in [5.41, 5.74) is 2.13. The normalized spacial score (nSPS) is 10.5. The number of hydrogen-bond donors (Lipinski definition) is 2. The van der Waals surface area contributed by atoms with Gasteiger partial charge in [-0.25, -0.2) is 8.78 Å². The summed E-state index contributed by atoms with van der Waals surface area (Å²) in [5, 5.41) is 5.12. The number of amides is 2. The molecule has 0 unspecified atom stereocenters. The number of aryl methyl sites for hydroxylation is 2. The highest BCUT2D eigenvalue weighted by Gasteiger charge is 2.17. The summed E-state index contributed by atoms with van der Waals surface area (Å²) in [5.74, 6) is -2.10. The van der Waals surface area contributed by atoms with Gasteiger partial charge in [0.2, 0.25) is 0 Å². The van der Waals surface area contributed by atoms with Crippen molar-refractivity contribution in [3.05, 3.63) is 93.0 Å². The Balaban J connectivity index is 1.84. The Morgan fingerprint density at radius 3 is 2.17 bits per heavy atom. The van der Waals surface area contributed by atoms with Crippen LogP contribution in [-0.2, 0) is 0 Å². The number of benzene rings is 3. The molecule has 0 radical (unpaired) electrons. The Kier molecular flexibility index (Phi) is 6.08. The Labute approximate surface area is 175 Å². The van der Waals surface area contributed by atoms with E-state index in [4.69, 9.17) is 0 Å². The van der Waals surface area contributed by atoms with Crippen LogP contribution in [0.3, 0.4) is 0 Å². The molecule has 0 aliphatic rings. The third-order valence-corrected chi connectivity index (χ3v) is 4.94. The zero-order valence-corrected chi connectivity index (χ0v) is 17.2. The molecule has 2 amide bonds. The number of halogens is 3. The molecule has 2 N–H and O–H groups in total. The molecular formula is C22H17BrF2N2O2. The zero-order chi connectivity index (χ0) is 21.1. The van der Waals surface area contributed by atoms with E-state index in [1.165, 1.54) is 24.3 Å². The maximum absolute atomic E-state index is 14.3. The minimum absolute atomic E-state index is 0.118. The fourth-order valence-corrected chi connectivity index (χ4v) is 3.13. The van der Waals surface area contributed by atoms with Gasteiger partial charge in [-0.1, -0.05) is 17.7 Å². The molecule has 0 saturated carbocycles. The van der Waals surface area contributed by atoms with Crippen molar-refractivity contribution < 1.29 is 18.4 Å². The van der Waals surface area contributed by atoms with Crippen LogP contribution in [0.4, 0.5) is 20.2 Å². The van der Waals surface area contributed by atoms with Crippen LogP contribution in [0.15, 0.2) is 59.1 Å². The van der Waals surface area contributed by atoms with Crippen molar-refractivity contribution in [1.82, 2.24) is 0 Å². The Hall–Kier alpha value is -3.06. The average Bonchev–Trinajstić information content (AvgIpc) is 2.67. The van der Waals surface area contributed by atoms with Crippen LogP contribution in [0.25, 0.3) is 0 Å². The van der Waals surface area contributed by atoms with Gasteiger partial charge in [-0.05, 0) is 77.8 Å². The van der Waals surface area contributed by atoms with Gasteiger partial charge in [0.1, 0.15) is 11.6 Å². The molecule has 3 aromatic carbocycles. The summed E-state index contributed by atoms with van der Waals surface area (Å²) in [4.78, 5) is 25.0. The van der Waals surface area contributed by atoms with E-state index in [2.05, 4.69) is 26.6 Å². The summed E-state index contributed by atoms with van der Waals surface area (Å²) in [6.45, 7) is 3.47. The van der Waals surface area contributed by atoms with E-state index < -0.39 is 17.6 Å². The zero-order valence-electron chi connectivity index (χ0n) is 15.6. The molecule has 4 nitrogen and oxygen atoms in total. The largest absolute Gasteiger partial charge is 0.322 e. The molecule has 0 bridgehead atoms. The van der Waals surface area contributed by atoms with Crippen molar-refractivity contribution in [2.45, 2.75) is 13.8 Å². The SMILES string of the molecule is Cc1ccc(C(=O)Nc2cc(C(=O)Nc3ccc(F)c(C)c3)c(Br)cc2F)cc1. The number of carbonyl (C=O) groups excluding carboxylic acids is 2. The first-order chi connectivity index (χ1) is 13.7. The van der Waals surface area contributed by atoms with E-state index in [0.717, 1.165) is 11.6 Å². The number of hydrogen-bond acceptors (Lipinski definition) is 2. The lowest BCUT2D eigenvalue weighted by Crippen LogP contribution is -2.16. The van der Waals surface area contributed by atoms with Gasteiger partial charge in [0.25, 0.3) is 11.8 Å². The van der Waals surface area contributed by atoms with Crippen LogP contribution in [0.2, 0.25) is 0 Å². The average molecular weight is 459 g/mol. The lowest BCUT2D eigenvalue weighted by Gasteiger charge is -2.12. The molecule has 148 valence electrons. The highest BCUT2D eigenvalue weighted by molar-refractivity contribution is 9.10. The maximum atomic E-state index is 14.3. The van der Waals surface area contributed by atoms with E-state index in [1.807, 2.05) is 6.92 Å². The molecule has 0 heterocycles. The van der Waals surface area contributed by atoms with Crippen LogP contribution in [0.1, 0.15) is 31.8 Å². The molecule has 0 aromatic heterocycles. The molecule has 0 aliphatic heterocycles. The summed E-state index contributed by atoms with van der Waals surface area (Å²) in [6, 6.07) is 13.3. The monoisotopic (exact) mass is 458 g/mol. The third-order valence-electron chi connectivity index (χ3n) is 4.28. The van der Waals surface area contributed by atoms with Crippen molar-refractivity contribution in [2.24, 2.45) is 0 Å². The lowest BCUT2D eigenvalue weighted by molar-refractivity contribution is 0.101. The lowest BCUT2D eigenvalue weighted by atomic mass is 10.1. The fraction of sp³-hybridized carbons (Fsp3) is 0.0909.